The minimum Gasteiger partial charge on any atom is -0.494 e. The molecule has 254 valence electrons. The van der Waals surface area contributed by atoms with Crippen molar-refractivity contribution < 1.29 is 18.9 Å². The number of ether oxygens (including phenoxy) is 4. The number of nitrogens with zero attached hydrogens (tertiary/aromatic N) is 2. The molecule has 6 rings (SSSR count). The van der Waals surface area contributed by atoms with E-state index < -0.39 is 0 Å². The normalized spacial score (nSPS) is 10.7. The van der Waals surface area contributed by atoms with Gasteiger partial charge in [-0.3, -0.25) is 0 Å². The van der Waals surface area contributed by atoms with Crippen LogP contribution in [0.2, 0.25) is 0 Å². The first-order valence-electron chi connectivity index (χ1n) is 17.3. The second-order valence-corrected chi connectivity index (χ2v) is 11.5. The van der Waals surface area contributed by atoms with Crippen molar-refractivity contribution in [1.82, 2.24) is 0 Å². The molecule has 0 heterocycles. The first-order chi connectivity index (χ1) is 24.6. The lowest BCUT2D eigenvalue weighted by Crippen LogP contribution is -2.10. The van der Waals surface area contributed by atoms with Gasteiger partial charge in [-0.25, -0.2) is 0 Å². The molecular weight excluding hydrogens is 620 g/mol. The molecule has 0 bridgehead atoms. The van der Waals surface area contributed by atoms with E-state index >= 15 is 0 Å². The Morgan fingerprint density at radius 2 is 0.580 bits per heavy atom. The molecule has 0 radical (unpaired) electrons. The number of hydrogen-bond acceptors (Lipinski definition) is 6. The summed E-state index contributed by atoms with van der Waals surface area (Å²) in [7, 11) is 0. The molecule has 0 saturated heterocycles. The van der Waals surface area contributed by atoms with Crippen molar-refractivity contribution in [3.05, 3.63) is 146 Å². The summed E-state index contributed by atoms with van der Waals surface area (Å²) in [4.78, 5) is 4.45. The van der Waals surface area contributed by atoms with Crippen LogP contribution in [0.15, 0.2) is 146 Å². The fraction of sp³-hybridized carbons (Fsp3) is 0.182. The van der Waals surface area contributed by atoms with E-state index in [0.717, 1.165) is 68.2 Å². The molecule has 6 nitrogen and oxygen atoms in total. The van der Waals surface area contributed by atoms with Gasteiger partial charge in [0.1, 0.15) is 23.0 Å². The SMILES string of the molecule is CCOc1cccc(N(c2ccc(-c3ccc(N(c4cccc(OCC)c4)c4cccc(OCC)c4)cc3)cc2)c2cccc(OCC)c2)c1. The van der Waals surface area contributed by atoms with Crippen LogP contribution in [-0.2, 0) is 0 Å². The van der Waals surface area contributed by atoms with Gasteiger partial charge in [0.2, 0.25) is 0 Å². The molecule has 0 amide bonds. The molecule has 6 aromatic carbocycles. The summed E-state index contributed by atoms with van der Waals surface area (Å²) in [5, 5.41) is 0. The molecule has 6 heteroatoms. The van der Waals surface area contributed by atoms with E-state index in [1.54, 1.807) is 0 Å². The lowest BCUT2D eigenvalue weighted by atomic mass is 10.0. The van der Waals surface area contributed by atoms with E-state index in [1.807, 2.05) is 76.2 Å². The Kier molecular flexibility index (Phi) is 11.2. The smallest absolute Gasteiger partial charge is 0.121 e. The zero-order chi connectivity index (χ0) is 34.7. The van der Waals surface area contributed by atoms with E-state index in [0.29, 0.717) is 26.4 Å². The summed E-state index contributed by atoms with van der Waals surface area (Å²) in [6.07, 6.45) is 0. The minimum atomic E-state index is 0.605. The Morgan fingerprint density at radius 3 is 0.820 bits per heavy atom. The molecular formula is C44H44N2O4. The molecule has 0 aromatic heterocycles. The molecule has 6 aromatic rings. The average Bonchev–Trinajstić information content (AvgIpc) is 3.14. The molecule has 50 heavy (non-hydrogen) atoms. The molecule has 0 atom stereocenters. The highest BCUT2D eigenvalue weighted by Gasteiger charge is 2.17. The van der Waals surface area contributed by atoms with E-state index in [-0.39, 0.29) is 0 Å². The predicted octanol–water partition coefficient (Wildman–Crippen LogP) is 11.9. The highest BCUT2D eigenvalue weighted by molar-refractivity contribution is 5.81. The monoisotopic (exact) mass is 664 g/mol. The highest BCUT2D eigenvalue weighted by Crippen LogP contribution is 2.40. The van der Waals surface area contributed by atoms with Crippen LogP contribution in [-0.4, -0.2) is 26.4 Å². The Labute approximate surface area is 296 Å². The first kappa shape index (κ1) is 34.0. The standard InChI is InChI=1S/C44H44N2O4/c1-5-47-41-17-9-13-37(29-41)45(38-14-10-18-42(30-38)48-6-2)35-25-21-33(22-26-35)34-23-27-36(28-24-34)46(39-15-11-19-43(31-39)49-7-3)40-16-12-20-44(32-40)50-8-4/h9-32H,5-8H2,1-4H3. The van der Waals surface area contributed by atoms with Gasteiger partial charge in [0.15, 0.2) is 0 Å². The van der Waals surface area contributed by atoms with E-state index in [1.165, 1.54) is 0 Å². The summed E-state index contributed by atoms with van der Waals surface area (Å²) >= 11 is 0. The maximum Gasteiger partial charge on any atom is 0.121 e. The van der Waals surface area contributed by atoms with Crippen molar-refractivity contribution in [1.29, 1.82) is 0 Å². The zero-order valence-electron chi connectivity index (χ0n) is 29.2. The largest absolute Gasteiger partial charge is 0.494 e. The van der Waals surface area contributed by atoms with Crippen LogP contribution in [0.25, 0.3) is 11.1 Å². The van der Waals surface area contributed by atoms with Gasteiger partial charge < -0.3 is 28.7 Å². The van der Waals surface area contributed by atoms with Crippen LogP contribution in [0, 0.1) is 0 Å². The molecule has 0 spiro atoms. The third kappa shape index (κ3) is 8.04. The van der Waals surface area contributed by atoms with Crippen molar-refractivity contribution in [2.45, 2.75) is 27.7 Å². The summed E-state index contributed by atoms with van der Waals surface area (Å²) in [5.41, 5.74) is 8.31. The summed E-state index contributed by atoms with van der Waals surface area (Å²) in [6.45, 7) is 10.4. The van der Waals surface area contributed by atoms with E-state index in [2.05, 4.69) is 107 Å². The predicted molar refractivity (Wildman–Crippen MR) is 206 cm³/mol. The van der Waals surface area contributed by atoms with Crippen molar-refractivity contribution in [3.63, 3.8) is 0 Å². The van der Waals surface area contributed by atoms with Gasteiger partial charge >= 0.3 is 0 Å². The number of benzene rings is 6. The summed E-state index contributed by atoms with van der Waals surface area (Å²) < 4.78 is 23.4. The van der Waals surface area contributed by atoms with Gasteiger partial charge in [0.25, 0.3) is 0 Å². The van der Waals surface area contributed by atoms with Crippen LogP contribution in [0.3, 0.4) is 0 Å². The van der Waals surface area contributed by atoms with E-state index in [4.69, 9.17) is 18.9 Å². The van der Waals surface area contributed by atoms with Crippen molar-refractivity contribution >= 4 is 34.1 Å². The zero-order valence-corrected chi connectivity index (χ0v) is 29.2. The van der Waals surface area contributed by atoms with Crippen molar-refractivity contribution in [2.24, 2.45) is 0 Å². The average molecular weight is 665 g/mol. The summed E-state index contributed by atoms with van der Waals surface area (Å²) in [6, 6.07) is 50.1. The van der Waals surface area contributed by atoms with Gasteiger partial charge in [-0.05, 0) is 112 Å². The maximum atomic E-state index is 5.86. The fourth-order valence-corrected chi connectivity index (χ4v) is 6.02. The lowest BCUT2D eigenvalue weighted by Gasteiger charge is -2.27. The van der Waals surface area contributed by atoms with Crippen molar-refractivity contribution in [3.8, 4) is 34.1 Å². The van der Waals surface area contributed by atoms with Gasteiger partial charge in [-0.1, -0.05) is 48.5 Å². The molecule has 0 aliphatic heterocycles. The Balaban J connectivity index is 1.33. The van der Waals surface area contributed by atoms with Crippen LogP contribution >= 0.6 is 0 Å². The Hall–Kier alpha value is -5.88. The van der Waals surface area contributed by atoms with Crippen LogP contribution in [0.4, 0.5) is 34.1 Å². The first-order valence-corrected chi connectivity index (χ1v) is 17.3. The lowest BCUT2D eigenvalue weighted by molar-refractivity contribution is 0.340. The molecule has 0 aliphatic rings. The van der Waals surface area contributed by atoms with Gasteiger partial charge in [0, 0.05) is 58.4 Å². The van der Waals surface area contributed by atoms with Crippen LogP contribution in [0.5, 0.6) is 23.0 Å². The van der Waals surface area contributed by atoms with Gasteiger partial charge in [-0.2, -0.15) is 0 Å². The Morgan fingerprint density at radius 1 is 0.320 bits per heavy atom. The second kappa shape index (κ2) is 16.5. The highest BCUT2D eigenvalue weighted by atomic mass is 16.5. The topological polar surface area (TPSA) is 43.4 Å². The van der Waals surface area contributed by atoms with Gasteiger partial charge in [0.05, 0.1) is 26.4 Å². The molecule has 0 N–H and O–H groups in total. The Bertz CT molecular complexity index is 1730. The molecule has 0 unspecified atom stereocenters. The maximum absolute atomic E-state index is 5.86. The minimum absolute atomic E-state index is 0.605. The second-order valence-electron chi connectivity index (χ2n) is 11.5. The fourth-order valence-electron chi connectivity index (χ4n) is 6.02. The molecule has 0 fully saturated rings. The van der Waals surface area contributed by atoms with Crippen LogP contribution in [0.1, 0.15) is 27.7 Å². The van der Waals surface area contributed by atoms with Crippen molar-refractivity contribution in [2.75, 3.05) is 36.2 Å². The number of rotatable bonds is 15. The molecule has 0 aliphatic carbocycles. The third-order valence-corrected chi connectivity index (χ3v) is 8.13. The van der Waals surface area contributed by atoms with E-state index in [9.17, 15) is 0 Å². The molecule has 0 saturated carbocycles. The third-order valence-electron chi connectivity index (χ3n) is 8.13. The van der Waals surface area contributed by atoms with Gasteiger partial charge in [-0.15, -0.1) is 0 Å². The number of anilines is 6. The van der Waals surface area contributed by atoms with Crippen LogP contribution < -0.4 is 28.7 Å². The summed E-state index contributed by atoms with van der Waals surface area (Å²) in [5.74, 6) is 3.32. The quantitative estimate of drug-likeness (QED) is 0.109. The number of hydrogen-bond donors (Lipinski definition) is 0.